The number of aryl methyl sites for hydroxylation is 1. The highest BCUT2D eigenvalue weighted by molar-refractivity contribution is 6.36. The molecule has 1 aliphatic heterocycles. The number of aromatic nitrogens is 1. The van der Waals surface area contributed by atoms with Crippen molar-refractivity contribution in [2.45, 2.75) is 13.5 Å². The molecule has 3 aromatic rings. The Morgan fingerprint density at radius 1 is 0.906 bits per heavy atom. The van der Waals surface area contributed by atoms with Gasteiger partial charge in [-0.3, -0.25) is 19.5 Å². The molecule has 162 valence electrons. The predicted molar refractivity (Wildman–Crippen MR) is 121 cm³/mol. The average molecular weight is 429 g/mol. The van der Waals surface area contributed by atoms with E-state index in [9.17, 15) is 9.59 Å². The van der Waals surface area contributed by atoms with Gasteiger partial charge in [-0.05, 0) is 42.3 Å². The van der Waals surface area contributed by atoms with Crippen molar-refractivity contribution in [1.82, 2.24) is 9.88 Å². The monoisotopic (exact) mass is 429 g/mol. The van der Waals surface area contributed by atoms with Crippen LogP contribution in [0.3, 0.4) is 0 Å². The Morgan fingerprint density at radius 2 is 1.62 bits per heavy atom. The first-order valence-electron chi connectivity index (χ1n) is 10.1. The maximum atomic E-state index is 13.4. The SMILES string of the molecule is COc1ccc(NC2=C(c3ccc(C)cc3)C(=O)N(Cc3ccncc3)C2=O)c(OC)c1. The zero-order valence-corrected chi connectivity index (χ0v) is 18.1. The molecule has 1 aliphatic rings. The van der Waals surface area contributed by atoms with Crippen LogP contribution in [0.1, 0.15) is 16.7 Å². The van der Waals surface area contributed by atoms with Crippen LogP contribution in [0.4, 0.5) is 5.69 Å². The Morgan fingerprint density at radius 3 is 2.28 bits per heavy atom. The van der Waals surface area contributed by atoms with Crippen LogP contribution in [-0.2, 0) is 16.1 Å². The number of methoxy groups -OCH3 is 2. The number of hydrogen-bond acceptors (Lipinski definition) is 6. The van der Waals surface area contributed by atoms with Crippen LogP contribution in [0.5, 0.6) is 11.5 Å². The van der Waals surface area contributed by atoms with Crippen LogP contribution in [0.25, 0.3) is 5.57 Å². The molecule has 4 rings (SSSR count). The molecule has 1 aromatic heterocycles. The number of ether oxygens (including phenoxy) is 2. The third-order valence-electron chi connectivity index (χ3n) is 5.27. The van der Waals surface area contributed by atoms with Crippen molar-refractivity contribution in [3.05, 3.63) is 89.4 Å². The number of carbonyl (C=O) groups is 2. The van der Waals surface area contributed by atoms with Gasteiger partial charge in [0.1, 0.15) is 17.2 Å². The number of hydrogen-bond donors (Lipinski definition) is 1. The summed E-state index contributed by atoms with van der Waals surface area (Å²) in [6, 6.07) is 16.3. The van der Waals surface area contributed by atoms with Gasteiger partial charge in [0.15, 0.2) is 0 Å². The minimum atomic E-state index is -0.403. The summed E-state index contributed by atoms with van der Waals surface area (Å²) in [6.07, 6.45) is 3.27. The number of nitrogens with zero attached hydrogens (tertiary/aromatic N) is 2. The number of carbonyl (C=O) groups excluding carboxylic acids is 2. The van der Waals surface area contributed by atoms with Gasteiger partial charge in [0.25, 0.3) is 11.8 Å². The smallest absolute Gasteiger partial charge is 0.278 e. The molecule has 2 aromatic carbocycles. The topological polar surface area (TPSA) is 80.8 Å². The molecule has 0 aliphatic carbocycles. The molecule has 2 amide bonds. The van der Waals surface area contributed by atoms with Gasteiger partial charge in [-0.25, -0.2) is 0 Å². The number of imide groups is 1. The molecule has 0 unspecified atom stereocenters. The van der Waals surface area contributed by atoms with Gasteiger partial charge >= 0.3 is 0 Å². The Bertz CT molecular complexity index is 1190. The van der Waals surface area contributed by atoms with E-state index in [-0.39, 0.29) is 18.1 Å². The van der Waals surface area contributed by atoms with Crippen molar-refractivity contribution >= 4 is 23.1 Å². The summed E-state index contributed by atoms with van der Waals surface area (Å²) < 4.78 is 10.7. The average Bonchev–Trinajstić information content (AvgIpc) is 3.05. The Labute approximate surface area is 186 Å². The molecule has 7 nitrogen and oxygen atoms in total. The number of anilines is 1. The first-order chi connectivity index (χ1) is 15.5. The van der Waals surface area contributed by atoms with E-state index in [1.165, 1.54) is 12.0 Å². The van der Waals surface area contributed by atoms with E-state index >= 15 is 0 Å². The standard InChI is InChI=1S/C25H23N3O4/c1-16-4-6-18(7-5-16)22-23(27-20-9-8-19(31-2)14-21(20)32-3)25(30)28(24(22)29)15-17-10-12-26-13-11-17/h4-14,27H,15H2,1-3H3. The second-order valence-electron chi connectivity index (χ2n) is 7.36. The number of nitrogens with one attached hydrogen (secondary N) is 1. The van der Waals surface area contributed by atoms with Gasteiger partial charge in [-0.15, -0.1) is 0 Å². The van der Waals surface area contributed by atoms with Crippen molar-refractivity contribution in [1.29, 1.82) is 0 Å². The zero-order chi connectivity index (χ0) is 22.7. The van der Waals surface area contributed by atoms with E-state index in [0.717, 1.165) is 11.1 Å². The Hall–Kier alpha value is -4.13. The minimum absolute atomic E-state index is 0.153. The second kappa shape index (κ2) is 8.93. The van der Waals surface area contributed by atoms with E-state index < -0.39 is 5.91 Å². The van der Waals surface area contributed by atoms with Gasteiger partial charge in [-0.1, -0.05) is 29.8 Å². The van der Waals surface area contributed by atoms with Crippen molar-refractivity contribution in [3.63, 3.8) is 0 Å². The van der Waals surface area contributed by atoms with Crippen LogP contribution in [0.15, 0.2) is 72.7 Å². The number of benzene rings is 2. The molecule has 7 heteroatoms. The van der Waals surface area contributed by atoms with Gasteiger partial charge in [0.05, 0.1) is 32.0 Å². The molecule has 0 saturated carbocycles. The number of rotatable bonds is 7. The Balaban J connectivity index is 1.76. The molecule has 0 fully saturated rings. The fourth-order valence-corrected chi connectivity index (χ4v) is 3.53. The van der Waals surface area contributed by atoms with Crippen molar-refractivity contribution < 1.29 is 19.1 Å². The highest BCUT2D eigenvalue weighted by Crippen LogP contribution is 2.35. The molecule has 0 atom stereocenters. The molecule has 0 bridgehead atoms. The lowest BCUT2D eigenvalue weighted by Gasteiger charge is -2.16. The van der Waals surface area contributed by atoms with Crippen molar-refractivity contribution in [3.8, 4) is 11.5 Å². The highest BCUT2D eigenvalue weighted by Gasteiger charge is 2.39. The normalized spacial score (nSPS) is 13.5. The van der Waals surface area contributed by atoms with Crippen LogP contribution >= 0.6 is 0 Å². The van der Waals surface area contributed by atoms with Crippen molar-refractivity contribution in [2.24, 2.45) is 0 Å². The van der Waals surface area contributed by atoms with E-state index in [4.69, 9.17) is 9.47 Å². The van der Waals surface area contributed by atoms with E-state index in [0.29, 0.717) is 28.3 Å². The molecule has 32 heavy (non-hydrogen) atoms. The zero-order valence-electron chi connectivity index (χ0n) is 18.1. The third-order valence-corrected chi connectivity index (χ3v) is 5.27. The maximum absolute atomic E-state index is 13.4. The third kappa shape index (κ3) is 4.05. The first-order valence-corrected chi connectivity index (χ1v) is 10.1. The molecule has 0 spiro atoms. The lowest BCUT2D eigenvalue weighted by molar-refractivity contribution is -0.137. The van der Waals surface area contributed by atoms with Crippen LogP contribution in [0, 0.1) is 6.92 Å². The summed E-state index contributed by atoms with van der Waals surface area (Å²) in [6.45, 7) is 2.12. The number of pyridine rings is 1. The fraction of sp³-hybridized carbons (Fsp3) is 0.160. The Kier molecular flexibility index (Phi) is 5.89. The lowest BCUT2D eigenvalue weighted by Crippen LogP contribution is -2.32. The molecule has 0 saturated heterocycles. The van der Waals surface area contributed by atoms with Crippen LogP contribution in [-0.4, -0.2) is 35.9 Å². The van der Waals surface area contributed by atoms with Gasteiger partial charge in [-0.2, -0.15) is 0 Å². The summed E-state index contributed by atoms with van der Waals surface area (Å²) in [4.78, 5) is 32.0. The van der Waals surface area contributed by atoms with Gasteiger partial charge < -0.3 is 14.8 Å². The van der Waals surface area contributed by atoms with Crippen LogP contribution in [0.2, 0.25) is 0 Å². The van der Waals surface area contributed by atoms with Gasteiger partial charge in [0, 0.05) is 18.5 Å². The van der Waals surface area contributed by atoms with E-state index in [1.807, 2.05) is 31.2 Å². The van der Waals surface area contributed by atoms with E-state index in [1.54, 1.807) is 49.8 Å². The molecular weight excluding hydrogens is 406 g/mol. The summed E-state index contributed by atoms with van der Waals surface area (Å²) in [5, 5.41) is 3.15. The quantitative estimate of drug-likeness (QED) is 0.576. The highest BCUT2D eigenvalue weighted by atomic mass is 16.5. The van der Waals surface area contributed by atoms with Crippen LogP contribution < -0.4 is 14.8 Å². The van der Waals surface area contributed by atoms with Gasteiger partial charge in [0.2, 0.25) is 0 Å². The number of amides is 2. The summed E-state index contributed by atoms with van der Waals surface area (Å²) >= 11 is 0. The minimum Gasteiger partial charge on any atom is -0.497 e. The maximum Gasteiger partial charge on any atom is 0.278 e. The molecule has 2 heterocycles. The predicted octanol–water partition coefficient (Wildman–Crippen LogP) is 3.80. The fourth-order valence-electron chi connectivity index (χ4n) is 3.53. The molecule has 1 N–H and O–H groups in total. The van der Waals surface area contributed by atoms with E-state index in [2.05, 4.69) is 10.3 Å². The summed E-state index contributed by atoms with van der Waals surface area (Å²) in [7, 11) is 3.10. The lowest BCUT2D eigenvalue weighted by atomic mass is 10.0. The largest absolute Gasteiger partial charge is 0.497 e. The molecular formula is C25H23N3O4. The second-order valence-corrected chi connectivity index (χ2v) is 7.36. The van der Waals surface area contributed by atoms with Crippen molar-refractivity contribution in [2.75, 3.05) is 19.5 Å². The first kappa shape index (κ1) is 21.1. The summed E-state index contributed by atoms with van der Waals surface area (Å²) in [5.74, 6) is 0.354. The molecule has 0 radical (unpaired) electrons. The summed E-state index contributed by atoms with van der Waals surface area (Å²) in [5.41, 5.74) is 3.62.